The third-order valence-electron chi connectivity index (χ3n) is 4.86. The number of carbonyl (C=O) groups excluding carboxylic acids is 1. The van der Waals surface area contributed by atoms with E-state index >= 15 is 0 Å². The minimum atomic E-state index is -0.285. The van der Waals surface area contributed by atoms with Crippen LogP contribution in [0.5, 0.6) is 0 Å². The molecule has 0 bridgehead atoms. The minimum Gasteiger partial charge on any atom is -0.451 e. The Balaban J connectivity index is 1.64. The summed E-state index contributed by atoms with van der Waals surface area (Å²) in [6.07, 6.45) is 0.719. The first-order valence-electron chi connectivity index (χ1n) is 9.61. The van der Waals surface area contributed by atoms with Gasteiger partial charge in [-0.15, -0.1) is 0 Å². The Hall–Kier alpha value is -3.66. The first-order valence-corrected chi connectivity index (χ1v) is 9.61. The van der Waals surface area contributed by atoms with Gasteiger partial charge in [-0.3, -0.25) is 9.59 Å². The second-order valence-electron chi connectivity index (χ2n) is 6.92. The van der Waals surface area contributed by atoms with Gasteiger partial charge in [0.1, 0.15) is 5.58 Å². The van der Waals surface area contributed by atoms with Crippen LogP contribution in [0.4, 0.5) is 0 Å². The quantitative estimate of drug-likeness (QED) is 0.486. The highest BCUT2D eigenvalue weighted by Crippen LogP contribution is 2.16. The molecule has 0 aliphatic rings. The van der Waals surface area contributed by atoms with Crippen molar-refractivity contribution in [3.63, 3.8) is 0 Å². The lowest BCUT2D eigenvalue weighted by Gasteiger charge is -2.22. The topological polar surface area (TPSA) is 50.5 Å². The number of nitrogens with zero attached hydrogens (tertiary/aromatic N) is 1. The molecule has 29 heavy (non-hydrogen) atoms. The summed E-state index contributed by atoms with van der Waals surface area (Å²) in [6, 6.07) is 28.1. The van der Waals surface area contributed by atoms with Crippen molar-refractivity contribution in [2.45, 2.75) is 13.0 Å². The van der Waals surface area contributed by atoms with Crippen molar-refractivity contribution < 1.29 is 9.21 Å². The van der Waals surface area contributed by atoms with E-state index in [4.69, 9.17) is 4.42 Å². The summed E-state index contributed by atoms with van der Waals surface area (Å²) >= 11 is 0. The average Bonchev–Trinajstić information content (AvgIpc) is 2.77. The van der Waals surface area contributed by atoms with Crippen LogP contribution in [0, 0.1) is 0 Å². The van der Waals surface area contributed by atoms with E-state index in [0.717, 1.165) is 17.5 Å². The SMILES string of the molecule is O=C(c1cc(=O)c2ccccc2o1)N(CCc1ccccc1)Cc1ccccc1. The zero-order valence-electron chi connectivity index (χ0n) is 16.0. The fourth-order valence-electron chi connectivity index (χ4n) is 3.33. The Morgan fingerprint density at radius 2 is 1.41 bits per heavy atom. The van der Waals surface area contributed by atoms with E-state index in [1.54, 1.807) is 29.2 Å². The molecule has 0 saturated carbocycles. The summed E-state index contributed by atoms with van der Waals surface area (Å²) < 4.78 is 5.78. The van der Waals surface area contributed by atoms with Crippen molar-refractivity contribution in [1.29, 1.82) is 0 Å². The van der Waals surface area contributed by atoms with Gasteiger partial charge < -0.3 is 9.32 Å². The Morgan fingerprint density at radius 3 is 2.14 bits per heavy atom. The molecular formula is C25H21NO3. The maximum Gasteiger partial charge on any atom is 0.290 e. The normalized spacial score (nSPS) is 10.8. The molecule has 0 N–H and O–H groups in total. The summed E-state index contributed by atoms with van der Waals surface area (Å²) in [4.78, 5) is 27.4. The number of rotatable bonds is 6. The molecule has 0 saturated heterocycles. The lowest BCUT2D eigenvalue weighted by atomic mass is 10.1. The van der Waals surface area contributed by atoms with Crippen molar-refractivity contribution >= 4 is 16.9 Å². The van der Waals surface area contributed by atoms with Gasteiger partial charge >= 0.3 is 0 Å². The molecule has 0 atom stereocenters. The fourth-order valence-corrected chi connectivity index (χ4v) is 3.33. The molecule has 0 fully saturated rings. The maximum atomic E-state index is 13.3. The van der Waals surface area contributed by atoms with Crippen LogP contribution >= 0.6 is 0 Å². The van der Waals surface area contributed by atoms with Crippen molar-refractivity contribution in [2.75, 3.05) is 6.54 Å². The van der Waals surface area contributed by atoms with Crippen molar-refractivity contribution in [3.05, 3.63) is 118 Å². The van der Waals surface area contributed by atoms with E-state index in [9.17, 15) is 9.59 Å². The Bertz CT molecular complexity index is 1170. The molecule has 0 spiro atoms. The Kier molecular flexibility index (Phi) is 5.52. The molecular weight excluding hydrogens is 362 g/mol. The van der Waals surface area contributed by atoms with Crippen LogP contribution in [0.15, 0.2) is 100 Å². The molecule has 3 aromatic carbocycles. The number of amides is 1. The summed E-state index contributed by atoms with van der Waals surface area (Å²) in [5.41, 5.74) is 2.39. The zero-order valence-corrected chi connectivity index (χ0v) is 16.0. The zero-order chi connectivity index (χ0) is 20.1. The average molecular weight is 383 g/mol. The van der Waals surface area contributed by atoms with Crippen LogP contribution in [0.25, 0.3) is 11.0 Å². The van der Waals surface area contributed by atoms with Gasteiger partial charge in [0.25, 0.3) is 5.91 Å². The molecule has 0 aliphatic heterocycles. The van der Waals surface area contributed by atoms with Crippen LogP contribution in [0.2, 0.25) is 0 Å². The highest BCUT2D eigenvalue weighted by molar-refractivity contribution is 5.93. The van der Waals surface area contributed by atoms with Gasteiger partial charge in [0.2, 0.25) is 0 Å². The van der Waals surface area contributed by atoms with E-state index < -0.39 is 0 Å². The van der Waals surface area contributed by atoms with Gasteiger partial charge in [-0.25, -0.2) is 0 Å². The molecule has 4 aromatic rings. The first kappa shape index (κ1) is 18.7. The van der Waals surface area contributed by atoms with Crippen molar-refractivity contribution in [1.82, 2.24) is 4.90 Å². The highest BCUT2D eigenvalue weighted by Gasteiger charge is 2.20. The van der Waals surface area contributed by atoms with E-state index in [0.29, 0.717) is 24.1 Å². The Labute approximate surface area is 169 Å². The second kappa shape index (κ2) is 8.57. The van der Waals surface area contributed by atoms with Gasteiger partial charge in [-0.2, -0.15) is 0 Å². The summed E-state index contributed by atoms with van der Waals surface area (Å²) in [7, 11) is 0. The van der Waals surface area contributed by atoms with Crippen molar-refractivity contribution in [3.8, 4) is 0 Å². The first-order chi connectivity index (χ1) is 14.2. The predicted octanol–water partition coefficient (Wildman–Crippen LogP) is 4.68. The number of hydrogen-bond acceptors (Lipinski definition) is 3. The van der Waals surface area contributed by atoms with Gasteiger partial charge in [0, 0.05) is 19.2 Å². The molecule has 144 valence electrons. The molecule has 4 heteroatoms. The second-order valence-corrected chi connectivity index (χ2v) is 6.92. The molecule has 0 radical (unpaired) electrons. The molecule has 0 aliphatic carbocycles. The van der Waals surface area contributed by atoms with Crippen LogP contribution in [-0.4, -0.2) is 17.4 Å². The maximum absolute atomic E-state index is 13.3. The molecule has 1 aromatic heterocycles. The number of para-hydroxylation sites is 1. The van der Waals surface area contributed by atoms with Gasteiger partial charge in [0.15, 0.2) is 11.2 Å². The number of benzene rings is 3. The molecule has 4 nitrogen and oxygen atoms in total. The summed E-state index contributed by atoms with van der Waals surface area (Å²) in [6.45, 7) is 0.970. The number of fused-ring (bicyclic) bond motifs is 1. The summed E-state index contributed by atoms with van der Waals surface area (Å²) in [5.74, 6) is -0.217. The summed E-state index contributed by atoms with van der Waals surface area (Å²) in [5, 5.41) is 0.475. The van der Waals surface area contributed by atoms with Gasteiger partial charge in [-0.05, 0) is 29.7 Å². The van der Waals surface area contributed by atoms with E-state index in [1.165, 1.54) is 6.07 Å². The lowest BCUT2D eigenvalue weighted by molar-refractivity contribution is 0.0713. The van der Waals surface area contributed by atoms with Gasteiger partial charge in [-0.1, -0.05) is 72.8 Å². The van der Waals surface area contributed by atoms with E-state index in [2.05, 4.69) is 0 Å². The predicted molar refractivity (Wildman–Crippen MR) is 114 cm³/mol. The third kappa shape index (κ3) is 4.43. The monoisotopic (exact) mass is 383 g/mol. The highest BCUT2D eigenvalue weighted by atomic mass is 16.3. The van der Waals surface area contributed by atoms with Crippen LogP contribution in [-0.2, 0) is 13.0 Å². The van der Waals surface area contributed by atoms with Gasteiger partial charge in [0.05, 0.1) is 5.39 Å². The lowest BCUT2D eigenvalue weighted by Crippen LogP contribution is -2.33. The fraction of sp³-hybridized carbons (Fsp3) is 0.120. The Morgan fingerprint density at radius 1 is 0.793 bits per heavy atom. The minimum absolute atomic E-state index is 0.0673. The molecule has 0 unspecified atom stereocenters. The molecule has 1 heterocycles. The van der Waals surface area contributed by atoms with E-state index in [1.807, 2.05) is 60.7 Å². The number of hydrogen-bond donors (Lipinski definition) is 0. The van der Waals surface area contributed by atoms with E-state index in [-0.39, 0.29) is 17.1 Å². The molecule has 4 rings (SSSR count). The third-order valence-corrected chi connectivity index (χ3v) is 4.86. The van der Waals surface area contributed by atoms with Crippen LogP contribution in [0.1, 0.15) is 21.7 Å². The van der Waals surface area contributed by atoms with Crippen molar-refractivity contribution in [2.24, 2.45) is 0 Å². The standard InChI is InChI=1S/C25H21NO3/c27-22-17-24(29-23-14-8-7-13-21(22)23)25(28)26(18-20-11-5-2-6-12-20)16-15-19-9-3-1-4-10-19/h1-14,17H,15-16,18H2. The largest absolute Gasteiger partial charge is 0.451 e. The number of carbonyl (C=O) groups is 1. The van der Waals surface area contributed by atoms with Crippen LogP contribution < -0.4 is 5.43 Å². The smallest absolute Gasteiger partial charge is 0.290 e. The van der Waals surface area contributed by atoms with Crippen LogP contribution in [0.3, 0.4) is 0 Å². The molecule has 1 amide bonds.